The van der Waals surface area contributed by atoms with Gasteiger partial charge in [0.1, 0.15) is 5.15 Å². The number of halogens is 1. The van der Waals surface area contributed by atoms with E-state index in [-0.39, 0.29) is 0 Å². The zero-order chi connectivity index (χ0) is 12.8. The number of ether oxygens (including phenoxy) is 1. The number of hydrogen-bond acceptors (Lipinski definition) is 3. The monoisotopic (exact) mass is 262 g/mol. The lowest BCUT2D eigenvalue weighted by Gasteiger charge is -2.07. The van der Waals surface area contributed by atoms with Crippen molar-refractivity contribution in [1.82, 2.24) is 4.98 Å². The van der Waals surface area contributed by atoms with E-state index in [1.807, 2.05) is 6.07 Å². The van der Waals surface area contributed by atoms with Crippen molar-refractivity contribution in [2.24, 2.45) is 0 Å². The van der Waals surface area contributed by atoms with Crippen LogP contribution in [0, 0.1) is 0 Å². The number of anilines is 1. The second-order valence-electron chi connectivity index (χ2n) is 3.97. The first-order valence-electron chi connectivity index (χ1n) is 5.70. The van der Waals surface area contributed by atoms with Gasteiger partial charge in [0.15, 0.2) is 0 Å². The molecule has 0 spiro atoms. The van der Waals surface area contributed by atoms with Crippen molar-refractivity contribution in [3.63, 3.8) is 0 Å². The fraction of sp³-hybridized carbons (Fsp3) is 0.214. The minimum atomic E-state index is 0.496. The smallest absolute Gasteiger partial charge is 0.131 e. The Morgan fingerprint density at radius 1 is 1.17 bits per heavy atom. The van der Waals surface area contributed by atoms with Gasteiger partial charge in [-0.05, 0) is 23.3 Å². The number of rotatable bonds is 5. The second-order valence-corrected chi connectivity index (χ2v) is 4.36. The van der Waals surface area contributed by atoms with Gasteiger partial charge in [0.05, 0.1) is 6.61 Å². The summed E-state index contributed by atoms with van der Waals surface area (Å²) in [5.41, 5.74) is 3.35. The van der Waals surface area contributed by atoms with E-state index < -0.39 is 0 Å². The van der Waals surface area contributed by atoms with Crippen LogP contribution in [0.15, 0.2) is 42.6 Å². The van der Waals surface area contributed by atoms with Gasteiger partial charge >= 0.3 is 0 Å². The number of benzene rings is 1. The van der Waals surface area contributed by atoms with Gasteiger partial charge in [-0.3, -0.25) is 0 Å². The zero-order valence-electron chi connectivity index (χ0n) is 10.2. The molecule has 0 unspecified atom stereocenters. The van der Waals surface area contributed by atoms with Crippen LogP contribution in [-0.2, 0) is 17.9 Å². The summed E-state index contributed by atoms with van der Waals surface area (Å²) in [6.45, 7) is 1.40. The van der Waals surface area contributed by atoms with E-state index in [0.717, 1.165) is 12.2 Å². The van der Waals surface area contributed by atoms with Crippen molar-refractivity contribution in [2.75, 3.05) is 12.4 Å². The van der Waals surface area contributed by atoms with Gasteiger partial charge in [-0.15, -0.1) is 0 Å². The van der Waals surface area contributed by atoms with Gasteiger partial charge in [0.2, 0.25) is 0 Å². The molecule has 2 aromatic rings. The molecule has 94 valence electrons. The van der Waals surface area contributed by atoms with Crippen LogP contribution in [0.3, 0.4) is 0 Å². The minimum Gasteiger partial charge on any atom is -0.381 e. The van der Waals surface area contributed by atoms with Crippen molar-refractivity contribution < 1.29 is 4.74 Å². The predicted octanol–water partition coefficient (Wildman–Crippen LogP) is 3.49. The molecule has 0 aliphatic carbocycles. The summed E-state index contributed by atoms with van der Waals surface area (Å²) in [5.74, 6) is 0. The summed E-state index contributed by atoms with van der Waals surface area (Å²) >= 11 is 5.82. The van der Waals surface area contributed by atoms with E-state index in [1.54, 1.807) is 19.4 Å². The number of hydrogen-bond donors (Lipinski definition) is 1. The Kier molecular flexibility index (Phi) is 4.56. The molecule has 0 saturated carbocycles. The molecule has 0 amide bonds. The van der Waals surface area contributed by atoms with E-state index in [0.29, 0.717) is 11.8 Å². The predicted molar refractivity (Wildman–Crippen MR) is 73.7 cm³/mol. The van der Waals surface area contributed by atoms with E-state index >= 15 is 0 Å². The Balaban J connectivity index is 1.93. The Hall–Kier alpha value is -1.58. The summed E-state index contributed by atoms with van der Waals surface area (Å²) in [4.78, 5) is 3.94. The van der Waals surface area contributed by atoms with Crippen LogP contribution >= 0.6 is 11.6 Å². The molecular weight excluding hydrogens is 248 g/mol. The first-order chi connectivity index (χ1) is 8.78. The largest absolute Gasteiger partial charge is 0.381 e. The summed E-state index contributed by atoms with van der Waals surface area (Å²) in [6, 6.07) is 12.0. The highest BCUT2D eigenvalue weighted by Gasteiger charge is 1.97. The van der Waals surface area contributed by atoms with Gasteiger partial charge in [-0.25, -0.2) is 4.98 Å². The first-order valence-corrected chi connectivity index (χ1v) is 6.08. The summed E-state index contributed by atoms with van der Waals surface area (Å²) in [6.07, 6.45) is 1.69. The Labute approximate surface area is 112 Å². The van der Waals surface area contributed by atoms with Crippen LogP contribution < -0.4 is 5.32 Å². The third-order valence-electron chi connectivity index (χ3n) is 2.56. The fourth-order valence-electron chi connectivity index (χ4n) is 1.64. The minimum absolute atomic E-state index is 0.496. The van der Waals surface area contributed by atoms with Crippen molar-refractivity contribution in [2.45, 2.75) is 13.2 Å². The summed E-state index contributed by atoms with van der Waals surface area (Å²) < 4.78 is 5.07. The maximum Gasteiger partial charge on any atom is 0.131 e. The SMILES string of the molecule is COCc1ccc(CNc2ccnc(Cl)c2)cc1. The molecule has 1 aromatic carbocycles. The normalized spacial score (nSPS) is 10.3. The zero-order valence-corrected chi connectivity index (χ0v) is 10.9. The average molecular weight is 263 g/mol. The molecule has 0 saturated heterocycles. The van der Waals surface area contributed by atoms with E-state index in [4.69, 9.17) is 16.3 Å². The van der Waals surface area contributed by atoms with Gasteiger partial charge in [-0.2, -0.15) is 0 Å². The van der Waals surface area contributed by atoms with Crippen LogP contribution in [0.4, 0.5) is 5.69 Å². The summed E-state index contributed by atoms with van der Waals surface area (Å²) in [7, 11) is 1.70. The van der Waals surface area contributed by atoms with E-state index in [1.165, 1.54) is 11.1 Å². The lowest BCUT2D eigenvalue weighted by Crippen LogP contribution is -1.99. The molecule has 0 atom stereocenters. The molecule has 0 aliphatic heterocycles. The van der Waals surface area contributed by atoms with Crippen LogP contribution in [0.2, 0.25) is 5.15 Å². The average Bonchev–Trinajstić information content (AvgIpc) is 2.38. The number of nitrogens with zero attached hydrogens (tertiary/aromatic N) is 1. The molecule has 0 aliphatic rings. The van der Waals surface area contributed by atoms with Crippen molar-refractivity contribution in [3.05, 3.63) is 58.9 Å². The lowest BCUT2D eigenvalue weighted by atomic mass is 10.1. The van der Waals surface area contributed by atoms with Gasteiger partial charge < -0.3 is 10.1 Å². The molecule has 3 nitrogen and oxygen atoms in total. The molecule has 0 radical (unpaired) electrons. The molecule has 18 heavy (non-hydrogen) atoms. The molecule has 0 bridgehead atoms. The number of nitrogens with one attached hydrogen (secondary N) is 1. The maximum absolute atomic E-state index is 5.82. The van der Waals surface area contributed by atoms with Crippen molar-refractivity contribution >= 4 is 17.3 Å². The van der Waals surface area contributed by atoms with E-state index in [9.17, 15) is 0 Å². The third-order valence-corrected chi connectivity index (χ3v) is 2.76. The second kappa shape index (κ2) is 6.38. The highest BCUT2D eigenvalue weighted by Crippen LogP contribution is 2.13. The molecule has 1 N–H and O–H groups in total. The van der Waals surface area contributed by atoms with Crippen LogP contribution in [-0.4, -0.2) is 12.1 Å². The Morgan fingerprint density at radius 3 is 2.56 bits per heavy atom. The van der Waals surface area contributed by atoms with Crippen molar-refractivity contribution in [1.29, 1.82) is 0 Å². The molecule has 2 rings (SSSR count). The highest BCUT2D eigenvalue weighted by atomic mass is 35.5. The molecule has 4 heteroatoms. The van der Waals surface area contributed by atoms with Gasteiger partial charge in [0, 0.05) is 25.5 Å². The lowest BCUT2D eigenvalue weighted by molar-refractivity contribution is 0.185. The Morgan fingerprint density at radius 2 is 1.89 bits per heavy atom. The number of pyridine rings is 1. The topological polar surface area (TPSA) is 34.1 Å². The molecule has 1 aromatic heterocycles. The number of methoxy groups -OCH3 is 1. The quantitative estimate of drug-likeness (QED) is 0.838. The van der Waals surface area contributed by atoms with Crippen LogP contribution in [0.25, 0.3) is 0 Å². The standard InChI is InChI=1S/C14H15ClN2O/c1-18-10-12-4-2-11(3-5-12)9-17-13-6-7-16-14(15)8-13/h2-8H,9-10H2,1H3,(H,16,17). The van der Waals surface area contributed by atoms with Crippen LogP contribution in [0.1, 0.15) is 11.1 Å². The Bertz CT molecular complexity index is 499. The first kappa shape index (κ1) is 12.9. The summed E-state index contributed by atoms with van der Waals surface area (Å²) in [5, 5.41) is 3.79. The fourth-order valence-corrected chi connectivity index (χ4v) is 1.81. The van der Waals surface area contributed by atoms with Gasteiger partial charge in [0.25, 0.3) is 0 Å². The van der Waals surface area contributed by atoms with Crippen LogP contribution in [0.5, 0.6) is 0 Å². The highest BCUT2D eigenvalue weighted by molar-refractivity contribution is 6.29. The number of aromatic nitrogens is 1. The molecular formula is C14H15ClN2O. The van der Waals surface area contributed by atoms with Gasteiger partial charge in [-0.1, -0.05) is 35.9 Å². The van der Waals surface area contributed by atoms with E-state index in [2.05, 4.69) is 34.6 Å². The van der Waals surface area contributed by atoms with Crippen molar-refractivity contribution in [3.8, 4) is 0 Å². The molecule has 0 fully saturated rings. The maximum atomic E-state index is 5.82. The third kappa shape index (κ3) is 3.72. The molecule has 1 heterocycles.